The Morgan fingerprint density at radius 3 is 2.81 bits per heavy atom. The average molecular weight is 294 g/mol. The summed E-state index contributed by atoms with van der Waals surface area (Å²) in [4.78, 5) is 16.7. The van der Waals surface area contributed by atoms with E-state index < -0.39 is 5.82 Å². The number of carbonyl (C=O) groups is 1. The standard InChI is InChI=1S/C15H23FN4O/c1-10-9-20(7-6-19(10)3)11(2)15(21)18-12-4-5-13(16)14(17)8-12/h4-5,8,10-11H,6-7,9,17H2,1-3H3,(H,18,21). The lowest BCUT2D eigenvalue weighted by atomic mass is 10.1. The first-order valence-corrected chi connectivity index (χ1v) is 7.18. The molecule has 0 radical (unpaired) electrons. The van der Waals surface area contributed by atoms with Crippen LogP contribution in [0.2, 0.25) is 0 Å². The number of nitrogens with zero attached hydrogens (tertiary/aromatic N) is 2. The van der Waals surface area contributed by atoms with Crippen molar-refractivity contribution >= 4 is 17.3 Å². The van der Waals surface area contributed by atoms with Crippen molar-refractivity contribution in [1.82, 2.24) is 9.80 Å². The SMILES string of the molecule is CC1CN(C(C)C(=O)Nc2ccc(F)c(N)c2)CCN1C. The highest BCUT2D eigenvalue weighted by Crippen LogP contribution is 2.17. The fourth-order valence-corrected chi connectivity index (χ4v) is 2.46. The number of nitrogens with two attached hydrogens (primary N) is 1. The molecule has 5 nitrogen and oxygen atoms in total. The van der Waals surface area contributed by atoms with Gasteiger partial charge < -0.3 is 16.0 Å². The number of halogens is 1. The summed E-state index contributed by atoms with van der Waals surface area (Å²) < 4.78 is 13.1. The molecule has 1 fully saturated rings. The van der Waals surface area contributed by atoms with Crippen molar-refractivity contribution in [2.24, 2.45) is 0 Å². The molecule has 21 heavy (non-hydrogen) atoms. The molecule has 116 valence electrons. The summed E-state index contributed by atoms with van der Waals surface area (Å²) >= 11 is 0. The van der Waals surface area contributed by atoms with Crippen LogP contribution in [0.25, 0.3) is 0 Å². The number of nitrogens with one attached hydrogen (secondary N) is 1. The first-order chi connectivity index (χ1) is 9.88. The van der Waals surface area contributed by atoms with E-state index in [1.54, 1.807) is 0 Å². The monoisotopic (exact) mass is 294 g/mol. The Balaban J connectivity index is 1.97. The van der Waals surface area contributed by atoms with Gasteiger partial charge in [-0.15, -0.1) is 0 Å². The summed E-state index contributed by atoms with van der Waals surface area (Å²) in [5.74, 6) is -0.577. The van der Waals surface area contributed by atoms with E-state index >= 15 is 0 Å². The number of nitrogen functional groups attached to an aromatic ring is 1. The van der Waals surface area contributed by atoms with Crippen molar-refractivity contribution in [3.63, 3.8) is 0 Å². The predicted molar refractivity (Wildman–Crippen MR) is 82.6 cm³/mol. The number of benzene rings is 1. The number of hydrogen-bond acceptors (Lipinski definition) is 4. The molecule has 1 aliphatic heterocycles. The molecule has 1 aliphatic rings. The van der Waals surface area contributed by atoms with Gasteiger partial charge in [0.25, 0.3) is 0 Å². The van der Waals surface area contributed by atoms with Gasteiger partial charge in [-0.25, -0.2) is 4.39 Å². The molecule has 6 heteroatoms. The van der Waals surface area contributed by atoms with Crippen molar-refractivity contribution < 1.29 is 9.18 Å². The molecular weight excluding hydrogens is 271 g/mol. The van der Waals surface area contributed by atoms with E-state index in [-0.39, 0.29) is 17.6 Å². The van der Waals surface area contributed by atoms with Gasteiger partial charge in [0.1, 0.15) is 5.82 Å². The molecule has 0 spiro atoms. The molecular formula is C15H23FN4O. The Hall–Kier alpha value is -1.66. The number of piperazine rings is 1. The van der Waals surface area contributed by atoms with Gasteiger partial charge in [-0.05, 0) is 39.1 Å². The Morgan fingerprint density at radius 1 is 1.48 bits per heavy atom. The van der Waals surface area contributed by atoms with Gasteiger partial charge in [-0.3, -0.25) is 9.69 Å². The molecule has 1 amide bonds. The van der Waals surface area contributed by atoms with E-state index in [0.717, 1.165) is 19.6 Å². The summed E-state index contributed by atoms with van der Waals surface area (Å²) in [6.07, 6.45) is 0. The highest BCUT2D eigenvalue weighted by atomic mass is 19.1. The number of hydrogen-bond donors (Lipinski definition) is 2. The lowest BCUT2D eigenvalue weighted by molar-refractivity contribution is -0.121. The van der Waals surface area contributed by atoms with Gasteiger partial charge in [-0.1, -0.05) is 0 Å². The van der Waals surface area contributed by atoms with Crippen LogP contribution in [0.5, 0.6) is 0 Å². The predicted octanol–water partition coefficient (Wildman–Crippen LogP) is 1.37. The van der Waals surface area contributed by atoms with Crippen molar-refractivity contribution in [2.45, 2.75) is 25.9 Å². The van der Waals surface area contributed by atoms with Crippen LogP contribution in [0.1, 0.15) is 13.8 Å². The quantitative estimate of drug-likeness (QED) is 0.827. The summed E-state index contributed by atoms with van der Waals surface area (Å²) in [6.45, 7) is 6.71. The zero-order valence-corrected chi connectivity index (χ0v) is 12.8. The molecule has 3 N–H and O–H groups in total. The van der Waals surface area contributed by atoms with Crippen LogP contribution in [0.3, 0.4) is 0 Å². The topological polar surface area (TPSA) is 61.6 Å². The first-order valence-electron chi connectivity index (χ1n) is 7.18. The number of rotatable bonds is 3. The number of carbonyl (C=O) groups excluding carboxylic acids is 1. The summed E-state index contributed by atoms with van der Waals surface area (Å²) in [5.41, 5.74) is 6.06. The fourth-order valence-electron chi connectivity index (χ4n) is 2.46. The summed E-state index contributed by atoms with van der Waals surface area (Å²) in [5, 5.41) is 2.79. The van der Waals surface area contributed by atoms with Crippen molar-refractivity contribution in [1.29, 1.82) is 0 Å². The molecule has 2 rings (SSSR count). The summed E-state index contributed by atoms with van der Waals surface area (Å²) in [6, 6.07) is 4.41. The Labute approximate surface area is 124 Å². The molecule has 2 atom stereocenters. The van der Waals surface area contributed by atoms with Gasteiger partial charge in [0.15, 0.2) is 0 Å². The zero-order valence-electron chi connectivity index (χ0n) is 12.8. The van der Waals surface area contributed by atoms with Crippen LogP contribution >= 0.6 is 0 Å². The third-order valence-corrected chi connectivity index (χ3v) is 4.18. The second kappa shape index (κ2) is 6.41. The maximum Gasteiger partial charge on any atom is 0.241 e. The Morgan fingerprint density at radius 2 is 2.19 bits per heavy atom. The average Bonchev–Trinajstić information content (AvgIpc) is 2.45. The van der Waals surface area contributed by atoms with Gasteiger partial charge in [0.05, 0.1) is 11.7 Å². The molecule has 0 saturated carbocycles. The van der Waals surface area contributed by atoms with Gasteiger partial charge in [0.2, 0.25) is 5.91 Å². The number of likely N-dealkylation sites (N-methyl/N-ethyl adjacent to an activating group) is 1. The van der Waals surface area contributed by atoms with Crippen LogP contribution in [-0.4, -0.2) is 54.5 Å². The van der Waals surface area contributed by atoms with Gasteiger partial charge >= 0.3 is 0 Å². The van der Waals surface area contributed by atoms with Crippen molar-refractivity contribution in [2.75, 3.05) is 37.7 Å². The van der Waals surface area contributed by atoms with E-state index in [9.17, 15) is 9.18 Å². The maximum atomic E-state index is 13.1. The highest BCUT2D eigenvalue weighted by Gasteiger charge is 2.27. The molecule has 0 aliphatic carbocycles. The van der Waals surface area contributed by atoms with Crippen LogP contribution in [0.15, 0.2) is 18.2 Å². The van der Waals surface area contributed by atoms with Crippen molar-refractivity contribution in [3.05, 3.63) is 24.0 Å². The molecule has 1 heterocycles. The Bertz CT molecular complexity index is 522. The largest absolute Gasteiger partial charge is 0.396 e. The lowest BCUT2D eigenvalue weighted by Gasteiger charge is -2.40. The molecule has 0 bridgehead atoms. The zero-order chi connectivity index (χ0) is 15.6. The second-order valence-electron chi connectivity index (χ2n) is 5.73. The molecule has 1 aromatic rings. The van der Waals surface area contributed by atoms with Crippen LogP contribution in [-0.2, 0) is 4.79 Å². The van der Waals surface area contributed by atoms with Crippen LogP contribution in [0, 0.1) is 5.82 Å². The van der Waals surface area contributed by atoms with Crippen LogP contribution < -0.4 is 11.1 Å². The van der Waals surface area contributed by atoms with E-state index in [0.29, 0.717) is 11.7 Å². The normalized spacial score (nSPS) is 22.0. The van der Waals surface area contributed by atoms with Crippen molar-refractivity contribution in [3.8, 4) is 0 Å². The van der Waals surface area contributed by atoms with Gasteiger partial charge in [0, 0.05) is 31.4 Å². The van der Waals surface area contributed by atoms with E-state index in [1.807, 2.05) is 6.92 Å². The highest BCUT2D eigenvalue weighted by molar-refractivity contribution is 5.94. The number of amides is 1. The third-order valence-electron chi connectivity index (χ3n) is 4.18. The maximum absolute atomic E-state index is 13.1. The van der Waals surface area contributed by atoms with E-state index in [2.05, 4.69) is 29.1 Å². The Kier molecular flexibility index (Phi) is 4.80. The minimum Gasteiger partial charge on any atom is -0.396 e. The molecule has 2 unspecified atom stereocenters. The smallest absolute Gasteiger partial charge is 0.241 e. The van der Waals surface area contributed by atoms with Crippen LogP contribution in [0.4, 0.5) is 15.8 Å². The molecule has 1 aromatic carbocycles. The lowest BCUT2D eigenvalue weighted by Crippen LogP contribution is -2.55. The molecule has 1 saturated heterocycles. The fraction of sp³-hybridized carbons (Fsp3) is 0.533. The number of anilines is 2. The minimum atomic E-state index is -0.478. The van der Waals surface area contributed by atoms with Gasteiger partial charge in [-0.2, -0.15) is 0 Å². The minimum absolute atomic E-state index is 0.0358. The van der Waals surface area contributed by atoms with E-state index in [4.69, 9.17) is 5.73 Å². The molecule has 0 aromatic heterocycles. The third kappa shape index (κ3) is 3.71. The summed E-state index contributed by atoms with van der Waals surface area (Å²) in [7, 11) is 2.09. The van der Waals surface area contributed by atoms with E-state index in [1.165, 1.54) is 18.2 Å². The second-order valence-corrected chi connectivity index (χ2v) is 5.73. The first kappa shape index (κ1) is 15.7.